The molecule has 2 bridgehead atoms. The highest BCUT2D eigenvalue weighted by Gasteiger charge is 2.44. The van der Waals surface area contributed by atoms with Crippen LogP contribution in [0, 0.1) is 19.8 Å². The number of nitrogens with one attached hydrogen (secondary N) is 1. The maximum atomic E-state index is 11.9. The van der Waals surface area contributed by atoms with Crippen LogP contribution in [0.5, 0.6) is 0 Å². The third-order valence-electron chi connectivity index (χ3n) is 4.38. The first-order chi connectivity index (χ1) is 9.58. The van der Waals surface area contributed by atoms with E-state index in [1.807, 2.05) is 13.8 Å². The Balaban J connectivity index is 1.69. The molecule has 0 spiro atoms. The van der Waals surface area contributed by atoms with Gasteiger partial charge >= 0.3 is 0 Å². The summed E-state index contributed by atoms with van der Waals surface area (Å²) in [5, 5.41) is 6.73. The van der Waals surface area contributed by atoms with Gasteiger partial charge in [-0.15, -0.1) is 0 Å². The predicted octanol–water partition coefficient (Wildman–Crippen LogP) is 0.627. The molecule has 3 rings (SSSR count). The fourth-order valence-electron chi connectivity index (χ4n) is 3.28. The maximum Gasteiger partial charge on any atom is 0.225 e. The first kappa shape index (κ1) is 13.6. The number of ether oxygens (including phenoxy) is 1. The zero-order valence-corrected chi connectivity index (χ0v) is 12.2. The quantitative estimate of drug-likeness (QED) is 0.879. The minimum absolute atomic E-state index is 0.00849. The van der Waals surface area contributed by atoms with E-state index < -0.39 is 0 Å². The van der Waals surface area contributed by atoms with Gasteiger partial charge in [0, 0.05) is 32.2 Å². The Kier molecular flexibility index (Phi) is 3.52. The number of hydrogen-bond acceptors (Lipinski definition) is 5. The smallest absolute Gasteiger partial charge is 0.225 e. The molecule has 2 aliphatic rings. The van der Waals surface area contributed by atoms with E-state index in [1.54, 1.807) is 7.05 Å². The van der Waals surface area contributed by atoms with Gasteiger partial charge in [0.05, 0.1) is 23.8 Å². The number of likely N-dealkylation sites (tertiary alicyclic amines) is 1. The molecule has 1 N–H and O–H groups in total. The van der Waals surface area contributed by atoms with Gasteiger partial charge in [-0.3, -0.25) is 9.69 Å². The molecule has 6 heteroatoms. The zero-order valence-electron chi connectivity index (χ0n) is 12.2. The molecule has 3 heterocycles. The van der Waals surface area contributed by atoms with Gasteiger partial charge in [-0.1, -0.05) is 5.16 Å². The van der Waals surface area contributed by atoms with E-state index in [-0.39, 0.29) is 24.0 Å². The highest BCUT2D eigenvalue weighted by Crippen LogP contribution is 2.33. The molecule has 1 aromatic rings. The molecule has 0 aromatic carbocycles. The van der Waals surface area contributed by atoms with Crippen LogP contribution in [0.3, 0.4) is 0 Å². The maximum absolute atomic E-state index is 11.9. The number of morpholine rings is 1. The molecule has 0 saturated carbocycles. The molecule has 6 nitrogen and oxygen atoms in total. The Morgan fingerprint density at radius 1 is 1.45 bits per heavy atom. The van der Waals surface area contributed by atoms with E-state index in [9.17, 15) is 4.79 Å². The van der Waals surface area contributed by atoms with Crippen molar-refractivity contribution in [3.63, 3.8) is 0 Å². The van der Waals surface area contributed by atoms with Gasteiger partial charge in [-0.25, -0.2) is 0 Å². The van der Waals surface area contributed by atoms with Crippen molar-refractivity contribution < 1.29 is 14.1 Å². The van der Waals surface area contributed by atoms with E-state index in [2.05, 4.69) is 15.4 Å². The second kappa shape index (κ2) is 5.18. The summed E-state index contributed by atoms with van der Waals surface area (Å²) in [6.07, 6.45) is 0.994. The van der Waals surface area contributed by atoms with Gasteiger partial charge in [0.1, 0.15) is 5.76 Å². The van der Waals surface area contributed by atoms with Gasteiger partial charge in [0.15, 0.2) is 0 Å². The van der Waals surface area contributed by atoms with Gasteiger partial charge < -0.3 is 14.6 Å². The largest absolute Gasteiger partial charge is 0.371 e. The minimum Gasteiger partial charge on any atom is -0.371 e. The number of fused-ring (bicyclic) bond motifs is 2. The summed E-state index contributed by atoms with van der Waals surface area (Å²) in [7, 11) is 1.69. The monoisotopic (exact) mass is 279 g/mol. The molecule has 0 radical (unpaired) electrons. The Morgan fingerprint density at radius 3 is 2.90 bits per heavy atom. The van der Waals surface area contributed by atoms with Crippen LogP contribution in [0.1, 0.15) is 23.4 Å². The Morgan fingerprint density at radius 2 is 2.25 bits per heavy atom. The molecule has 0 unspecified atom stereocenters. The lowest BCUT2D eigenvalue weighted by atomic mass is 10.00. The molecule has 1 amide bonds. The highest BCUT2D eigenvalue weighted by atomic mass is 16.5. The van der Waals surface area contributed by atoms with Crippen molar-refractivity contribution in [3.8, 4) is 0 Å². The molecule has 2 fully saturated rings. The standard InChI is InChI=1S/C14H21N3O3/c1-8-12(9(2)20-16-8)6-17-5-10-4-11(14(18)15-3)13(7-17)19-10/h10-11,13H,4-7H2,1-3H3,(H,15,18)/t10-,11+,13+/m0/s1. The lowest BCUT2D eigenvalue weighted by Crippen LogP contribution is -2.44. The molecule has 3 atom stereocenters. The highest BCUT2D eigenvalue weighted by molar-refractivity contribution is 5.79. The van der Waals surface area contributed by atoms with E-state index in [0.29, 0.717) is 0 Å². The van der Waals surface area contributed by atoms with Crippen molar-refractivity contribution in [2.45, 2.75) is 39.0 Å². The Labute approximate surface area is 118 Å². The number of aromatic nitrogens is 1. The Hall–Kier alpha value is -1.40. The summed E-state index contributed by atoms with van der Waals surface area (Å²) in [6, 6.07) is 0. The number of carbonyl (C=O) groups excluding carboxylic acids is 1. The van der Waals surface area contributed by atoms with Crippen LogP contribution in [-0.4, -0.2) is 48.3 Å². The van der Waals surface area contributed by atoms with Crippen LogP contribution in [0.25, 0.3) is 0 Å². The third kappa shape index (κ3) is 2.33. The van der Waals surface area contributed by atoms with Crippen molar-refractivity contribution in [1.29, 1.82) is 0 Å². The molecular formula is C14H21N3O3. The second-order valence-corrected chi connectivity index (χ2v) is 5.75. The summed E-state index contributed by atoms with van der Waals surface area (Å²) in [5.41, 5.74) is 2.10. The number of hydrogen-bond donors (Lipinski definition) is 1. The lowest BCUT2D eigenvalue weighted by molar-refractivity contribution is -0.127. The third-order valence-corrected chi connectivity index (χ3v) is 4.38. The number of rotatable bonds is 3. The lowest BCUT2D eigenvalue weighted by Gasteiger charge is -2.32. The fourth-order valence-corrected chi connectivity index (χ4v) is 3.28. The topological polar surface area (TPSA) is 67.6 Å². The van der Waals surface area contributed by atoms with Gasteiger partial charge in [-0.2, -0.15) is 0 Å². The number of aryl methyl sites for hydroxylation is 2. The Bertz CT molecular complexity index is 494. The van der Waals surface area contributed by atoms with Crippen LogP contribution >= 0.6 is 0 Å². The molecule has 2 saturated heterocycles. The first-order valence-corrected chi connectivity index (χ1v) is 7.09. The van der Waals surface area contributed by atoms with Crippen molar-refractivity contribution in [1.82, 2.24) is 15.4 Å². The predicted molar refractivity (Wildman–Crippen MR) is 72.1 cm³/mol. The normalized spacial score (nSPS) is 29.6. The number of nitrogens with zero attached hydrogens (tertiary/aromatic N) is 2. The zero-order chi connectivity index (χ0) is 14.3. The SMILES string of the molecule is CNC(=O)[C@@H]1C[C@H]2CN(Cc3c(C)noc3C)C[C@H]1O2. The van der Waals surface area contributed by atoms with Crippen molar-refractivity contribution in [2.75, 3.05) is 20.1 Å². The number of amides is 1. The summed E-state index contributed by atoms with van der Waals surface area (Å²) in [5.74, 6) is 0.959. The van der Waals surface area contributed by atoms with Crippen LogP contribution in [-0.2, 0) is 16.1 Å². The van der Waals surface area contributed by atoms with Crippen LogP contribution < -0.4 is 5.32 Å². The van der Waals surface area contributed by atoms with Crippen molar-refractivity contribution in [3.05, 3.63) is 17.0 Å². The van der Waals surface area contributed by atoms with Crippen LogP contribution in [0.15, 0.2) is 4.52 Å². The van der Waals surface area contributed by atoms with Crippen LogP contribution in [0.2, 0.25) is 0 Å². The van der Waals surface area contributed by atoms with Gasteiger partial charge in [0.25, 0.3) is 0 Å². The first-order valence-electron chi connectivity index (χ1n) is 7.09. The van der Waals surface area contributed by atoms with E-state index >= 15 is 0 Å². The van der Waals surface area contributed by atoms with Gasteiger partial charge in [0.2, 0.25) is 5.91 Å². The van der Waals surface area contributed by atoms with E-state index in [4.69, 9.17) is 9.26 Å². The molecule has 20 heavy (non-hydrogen) atoms. The molecule has 1 aromatic heterocycles. The summed E-state index contributed by atoms with van der Waals surface area (Å²) in [6.45, 7) is 6.39. The summed E-state index contributed by atoms with van der Waals surface area (Å²) >= 11 is 0. The fraction of sp³-hybridized carbons (Fsp3) is 0.714. The summed E-state index contributed by atoms with van der Waals surface area (Å²) in [4.78, 5) is 14.2. The van der Waals surface area contributed by atoms with Crippen molar-refractivity contribution in [2.24, 2.45) is 5.92 Å². The van der Waals surface area contributed by atoms with Gasteiger partial charge in [-0.05, 0) is 20.3 Å². The molecule has 110 valence electrons. The molecule has 2 aliphatic heterocycles. The van der Waals surface area contributed by atoms with E-state index in [0.717, 1.165) is 43.1 Å². The second-order valence-electron chi connectivity index (χ2n) is 5.75. The average Bonchev–Trinajstić information content (AvgIpc) is 2.91. The molecular weight excluding hydrogens is 258 g/mol. The average molecular weight is 279 g/mol. The number of carbonyl (C=O) groups is 1. The minimum atomic E-state index is -0.0142. The summed E-state index contributed by atoms with van der Waals surface area (Å²) < 4.78 is 11.1. The van der Waals surface area contributed by atoms with E-state index in [1.165, 1.54) is 0 Å². The van der Waals surface area contributed by atoms with Crippen LogP contribution in [0.4, 0.5) is 0 Å². The molecule has 0 aliphatic carbocycles. The van der Waals surface area contributed by atoms with Crippen molar-refractivity contribution >= 4 is 5.91 Å².